The van der Waals surface area contributed by atoms with Gasteiger partial charge in [0.05, 0.1) is 6.61 Å². The Hall–Kier alpha value is -0.870. The maximum Gasteiger partial charge on any atom is 0.246 e. The maximum absolute atomic E-state index is 9.89. The first-order chi connectivity index (χ1) is 3.18. The number of amides is 1. The highest BCUT2D eigenvalue weighted by Crippen LogP contribution is 1.80. The van der Waals surface area contributed by atoms with Crippen LogP contribution < -0.4 is 5.73 Å². The van der Waals surface area contributed by atoms with Crippen molar-refractivity contribution in [1.29, 1.82) is 0 Å². The molecule has 8 heavy (non-hydrogen) atoms. The highest BCUT2D eigenvalue weighted by atomic mass is 16.3. The summed E-state index contributed by atoms with van der Waals surface area (Å²) in [5, 5.41) is 8.10. The number of aliphatic hydroxyl groups excluding tert-OH is 1. The van der Waals surface area contributed by atoms with Gasteiger partial charge >= 0.3 is 0 Å². The van der Waals surface area contributed by atoms with Crippen molar-refractivity contribution in [2.24, 2.45) is 5.73 Å². The number of hydrogen-bond acceptors (Lipinski definition) is 2. The van der Waals surface area contributed by atoms with Gasteiger partial charge in [-0.3, -0.25) is 4.79 Å². The van der Waals surface area contributed by atoms with E-state index in [0.717, 1.165) is 0 Å². The van der Waals surface area contributed by atoms with Crippen LogP contribution in [0.15, 0.2) is 12.2 Å². The summed E-state index contributed by atoms with van der Waals surface area (Å²) >= 11 is 0. The van der Waals surface area contributed by atoms with Crippen molar-refractivity contribution in [3.63, 3.8) is 0 Å². The Morgan fingerprint density at radius 1 is 1.75 bits per heavy atom. The number of carbonyl (C=O) groups is 1. The van der Waals surface area contributed by atoms with E-state index in [9.17, 15) is 4.79 Å². The summed E-state index contributed by atoms with van der Waals surface area (Å²) in [5.74, 6) is -0.650. The van der Waals surface area contributed by atoms with Crippen LogP contribution in [0.4, 0.5) is 0 Å². The Morgan fingerprint density at radius 3 is 2.12 bits per heavy atom. The van der Waals surface area contributed by atoms with Crippen LogP contribution in [0.5, 0.6) is 0 Å². The van der Waals surface area contributed by atoms with Crippen molar-refractivity contribution in [2.75, 3.05) is 6.61 Å². The van der Waals surface area contributed by atoms with Crippen molar-refractivity contribution >= 4 is 5.91 Å². The quantitative estimate of drug-likeness (QED) is 0.419. The minimum atomic E-state index is -0.650. The molecular formula is C4H9NO3. The molecule has 1 amide bonds. The molecule has 0 aromatic heterocycles. The Kier molecular flexibility index (Phi) is 5.46. The van der Waals surface area contributed by atoms with E-state index in [0.29, 0.717) is 0 Å². The predicted molar refractivity (Wildman–Crippen MR) is 29.0 cm³/mol. The number of nitrogens with two attached hydrogens (primary N) is 1. The van der Waals surface area contributed by atoms with Gasteiger partial charge in [-0.15, -0.1) is 0 Å². The summed E-state index contributed by atoms with van der Waals surface area (Å²) in [6.07, 6.45) is 0. The third kappa shape index (κ3) is 3.32. The molecule has 0 aromatic rings. The number of carbonyl (C=O) groups excluding carboxylic acids is 1. The predicted octanol–water partition coefficient (Wildman–Crippen LogP) is -1.80. The van der Waals surface area contributed by atoms with Crippen molar-refractivity contribution in [2.45, 2.75) is 0 Å². The molecule has 0 spiro atoms. The Labute approximate surface area is 46.9 Å². The summed E-state index contributed by atoms with van der Waals surface area (Å²) < 4.78 is 0. The van der Waals surface area contributed by atoms with Gasteiger partial charge in [-0.05, 0) is 0 Å². The number of rotatable bonds is 2. The smallest absolute Gasteiger partial charge is 0.246 e. The van der Waals surface area contributed by atoms with Crippen molar-refractivity contribution in [1.82, 2.24) is 0 Å². The fraction of sp³-hybridized carbons (Fsp3) is 0.250. The minimum Gasteiger partial charge on any atom is -0.412 e. The first-order valence-electron chi connectivity index (χ1n) is 1.77. The lowest BCUT2D eigenvalue weighted by Gasteiger charge is -1.88. The fourth-order valence-corrected chi connectivity index (χ4v) is 0.0779. The molecule has 0 unspecified atom stereocenters. The molecule has 0 heterocycles. The first-order valence-corrected chi connectivity index (χ1v) is 1.77. The zero-order valence-electron chi connectivity index (χ0n) is 4.35. The lowest BCUT2D eigenvalue weighted by Crippen LogP contribution is -2.14. The topological polar surface area (TPSA) is 94.8 Å². The van der Waals surface area contributed by atoms with Crippen molar-refractivity contribution in [3.8, 4) is 0 Å². The molecule has 0 rings (SSSR count). The second kappa shape index (κ2) is 4.29. The first kappa shape index (κ1) is 10.2. The normalized spacial score (nSPS) is 7.12. The molecule has 0 atom stereocenters. The molecule has 5 N–H and O–H groups in total. The Balaban J connectivity index is 0. The molecule has 0 aliphatic heterocycles. The van der Waals surface area contributed by atoms with Gasteiger partial charge in [0.1, 0.15) is 0 Å². The van der Waals surface area contributed by atoms with Gasteiger partial charge in [0.2, 0.25) is 5.91 Å². The molecule has 0 aromatic carbocycles. The van der Waals surface area contributed by atoms with Crippen LogP contribution in [0, 0.1) is 0 Å². The molecule has 4 heteroatoms. The molecule has 0 bridgehead atoms. The molecular weight excluding hydrogens is 110 g/mol. The lowest BCUT2D eigenvalue weighted by molar-refractivity contribution is -0.114. The van der Waals surface area contributed by atoms with Gasteiger partial charge in [-0.25, -0.2) is 0 Å². The Bertz CT molecular complexity index is 99.5. The SMILES string of the molecule is C=C(CO)C(N)=O.O. The van der Waals surface area contributed by atoms with E-state index in [-0.39, 0.29) is 17.7 Å². The average molecular weight is 119 g/mol. The summed E-state index contributed by atoms with van der Waals surface area (Å²) in [5.41, 5.74) is 4.69. The van der Waals surface area contributed by atoms with Gasteiger partial charge in [0.15, 0.2) is 0 Å². The van der Waals surface area contributed by atoms with Crippen LogP contribution in [0.2, 0.25) is 0 Å². The van der Waals surface area contributed by atoms with E-state index >= 15 is 0 Å². The van der Waals surface area contributed by atoms with E-state index in [4.69, 9.17) is 5.11 Å². The molecule has 4 nitrogen and oxygen atoms in total. The second-order valence-corrected chi connectivity index (χ2v) is 1.13. The summed E-state index contributed by atoms with van der Waals surface area (Å²) in [7, 11) is 0. The highest BCUT2D eigenvalue weighted by molar-refractivity contribution is 5.91. The van der Waals surface area contributed by atoms with E-state index < -0.39 is 5.91 Å². The van der Waals surface area contributed by atoms with Gasteiger partial charge in [0, 0.05) is 5.57 Å². The van der Waals surface area contributed by atoms with Gasteiger partial charge in [0.25, 0.3) is 0 Å². The zero-order valence-corrected chi connectivity index (χ0v) is 4.35. The second-order valence-electron chi connectivity index (χ2n) is 1.13. The van der Waals surface area contributed by atoms with E-state index in [1.807, 2.05) is 0 Å². The third-order valence-corrected chi connectivity index (χ3v) is 0.539. The monoisotopic (exact) mass is 119 g/mol. The number of aliphatic hydroxyl groups is 1. The maximum atomic E-state index is 9.89. The van der Waals surface area contributed by atoms with Crippen LogP contribution in [0.25, 0.3) is 0 Å². The summed E-state index contributed by atoms with van der Waals surface area (Å²) in [6, 6.07) is 0. The summed E-state index contributed by atoms with van der Waals surface area (Å²) in [4.78, 5) is 9.89. The average Bonchev–Trinajstić information content (AvgIpc) is 1.65. The van der Waals surface area contributed by atoms with Crippen LogP contribution in [-0.4, -0.2) is 23.1 Å². The number of primary amides is 1. The van der Waals surface area contributed by atoms with Crippen LogP contribution in [0.3, 0.4) is 0 Å². The molecule has 0 aliphatic carbocycles. The van der Waals surface area contributed by atoms with E-state index in [2.05, 4.69) is 12.3 Å². The van der Waals surface area contributed by atoms with Gasteiger partial charge < -0.3 is 16.3 Å². The Morgan fingerprint density at radius 2 is 2.12 bits per heavy atom. The molecule has 48 valence electrons. The fourth-order valence-electron chi connectivity index (χ4n) is 0.0779. The lowest BCUT2D eigenvalue weighted by atomic mass is 10.3. The number of hydrogen-bond donors (Lipinski definition) is 2. The van der Waals surface area contributed by atoms with Crippen LogP contribution in [0.1, 0.15) is 0 Å². The summed E-state index contributed by atoms with van der Waals surface area (Å²) in [6.45, 7) is 2.80. The highest BCUT2D eigenvalue weighted by Gasteiger charge is 1.94. The molecule has 0 saturated heterocycles. The molecule has 0 aliphatic rings. The minimum absolute atomic E-state index is 0. The zero-order chi connectivity index (χ0) is 5.86. The van der Waals surface area contributed by atoms with Crippen LogP contribution >= 0.6 is 0 Å². The molecule has 0 saturated carbocycles. The van der Waals surface area contributed by atoms with Crippen molar-refractivity contribution < 1.29 is 15.4 Å². The molecule has 0 fully saturated rings. The standard InChI is InChI=1S/C4H7NO2.H2O/c1-3(2-6)4(5)7;/h6H,1-2H2,(H2,5,7);1H2. The molecule has 0 radical (unpaired) electrons. The van der Waals surface area contributed by atoms with Gasteiger partial charge in [-0.2, -0.15) is 0 Å². The van der Waals surface area contributed by atoms with E-state index in [1.54, 1.807) is 0 Å². The largest absolute Gasteiger partial charge is 0.412 e. The van der Waals surface area contributed by atoms with Crippen LogP contribution in [-0.2, 0) is 4.79 Å². The van der Waals surface area contributed by atoms with E-state index in [1.165, 1.54) is 0 Å². The van der Waals surface area contributed by atoms with Gasteiger partial charge in [-0.1, -0.05) is 6.58 Å². The third-order valence-electron chi connectivity index (χ3n) is 0.539. The van der Waals surface area contributed by atoms with Crippen molar-refractivity contribution in [3.05, 3.63) is 12.2 Å².